The number of aliphatic imine (C=N–C) groups is 1. The zero-order valence-corrected chi connectivity index (χ0v) is 10.6. The van der Waals surface area contributed by atoms with Crippen molar-refractivity contribution >= 4 is 12.0 Å². The molecule has 1 N–H and O–H groups in total. The second-order valence-electron chi connectivity index (χ2n) is 4.30. The molecule has 6 heteroatoms. The van der Waals surface area contributed by atoms with Gasteiger partial charge in [0.15, 0.2) is 11.5 Å². The molecule has 0 aromatic heterocycles. The van der Waals surface area contributed by atoms with E-state index < -0.39 is 11.5 Å². The van der Waals surface area contributed by atoms with Gasteiger partial charge in [0.2, 0.25) is 6.08 Å². The van der Waals surface area contributed by atoms with Gasteiger partial charge in [0.25, 0.3) is 0 Å². The molecule has 0 bridgehead atoms. The number of carbonyl (C=O) groups is 1. The molecular formula is C13H13NO5. The van der Waals surface area contributed by atoms with Crippen LogP contribution in [0.2, 0.25) is 0 Å². The first-order valence-corrected chi connectivity index (χ1v) is 5.67. The highest BCUT2D eigenvalue weighted by Crippen LogP contribution is 2.51. The molecule has 0 saturated heterocycles. The van der Waals surface area contributed by atoms with Crippen LogP contribution in [-0.4, -0.2) is 31.4 Å². The maximum atomic E-state index is 11.3. The number of nitrogens with zero attached hydrogens (tertiary/aromatic N) is 1. The van der Waals surface area contributed by atoms with Crippen LogP contribution in [0.1, 0.15) is 28.8 Å². The first kappa shape index (κ1) is 13.1. The molecule has 1 fully saturated rings. The molecule has 1 aliphatic carbocycles. The molecule has 0 unspecified atom stereocenters. The van der Waals surface area contributed by atoms with Crippen LogP contribution in [0, 0.1) is 0 Å². The number of hydrogen-bond acceptors (Lipinski definition) is 5. The molecule has 0 heterocycles. The Bertz CT molecular complexity index is 571. The highest BCUT2D eigenvalue weighted by atomic mass is 16.5. The van der Waals surface area contributed by atoms with E-state index in [1.165, 1.54) is 26.4 Å². The van der Waals surface area contributed by atoms with Gasteiger partial charge < -0.3 is 14.6 Å². The summed E-state index contributed by atoms with van der Waals surface area (Å²) in [7, 11) is 2.80. The summed E-state index contributed by atoms with van der Waals surface area (Å²) in [6.07, 6.45) is 2.92. The Balaban J connectivity index is 2.62. The summed E-state index contributed by atoms with van der Waals surface area (Å²) >= 11 is 0. The molecule has 19 heavy (non-hydrogen) atoms. The molecule has 2 rings (SSSR count). The smallest absolute Gasteiger partial charge is 0.339 e. The van der Waals surface area contributed by atoms with E-state index in [1.807, 2.05) is 0 Å². The molecule has 1 aromatic rings. The van der Waals surface area contributed by atoms with Crippen molar-refractivity contribution in [1.82, 2.24) is 0 Å². The minimum absolute atomic E-state index is 0.00998. The second-order valence-corrected chi connectivity index (χ2v) is 4.30. The molecule has 0 atom stereocenters. The van der Waals surface area contributed by atoms with Crippen molar-refractivity contribution in [2.75, 3.05) is 14.2 Å². The van der Waals surface area contributed by atoms with E-state index >= 15 is 0 Å². The first-order chi connectivity index (χ1) is 9.07. The van der Waals surface area contributed by atoms with Crippen LogP contribution in [0.15, 0.2) is 17.1 Å². The summed E-state index contributed by atoms with van der Waals surface area (Å²) in [4.78, 5) is 25.5. The Morgan fingerprint density at radius 3 is 2.47 bits per heavy atom. The van der Waals surface area contributed by atoms with Gasteiger partial charge in [-0.3, -0.25) is 0 Å². The number of isocyanates is 1. The fourth-order valence-electron chi connectivity index (χ4n) is 2.06. The van der Waals surface area contributed by atoms with Gasteiger partial charge in [-0.15, -0.1) is 0 Å². The molecule has 0 spiro atoms. The van der Waals surface area contributed by atoms with Crippen LogP contribution in [0.3, 0.4) is 0 Å². The fraction of sp³-hybridized carbons (Fsp3) is 0.385. The van der Waals surface area contributed by atoms with E-state index in [1.54, 1.807) is 6.07 Å². The minimum Gasteiger partial charge on any atom is -0.493 e. The number of benzene rings is 1. The topological polar surface area (TPSA) is 85.2 Å². The highest BCUT2D eigenvalue weighted by Gasteiger charge is 2.46. The van der Waals surface area contributed by atoms with E-state index in [9.17, 15) is 14.7 Å². The van der Waals surface area contributed by atoms with Crippen LogP contribution >= 0.6 is 0 Å². The number of aromatic carboxylic acids is 1. The molecule has 1 saturated carbocycles. The van der Waals surface area contributed by atoms with Crippen molar-refractivity contribution in [2.24, 2.45) is 4.99 Å². The average Bonchev–Trinajstić information content (AvgIpc) is 3.18. The van der Waals surface area contributed by atoms with Gasteiger partial charge in [-0.2, -0.15) is 4.99 Å². The van der Waals surface area contributed by atoms with Crippen LogP contribution in [0.25, 0.3) is 0 Å². The summed E-state index contributed by atoms with van der Waals surface area (Å²) in [5.74, 6) is -0.655. The molecule has 1 aromatic carbocycles. The predicted octanol–water partition coefficient (Wildman–Crippen LogP) is 1.73. The molecule has 0 amide bonds. The van der Waals surface area contributed by atoms with E-state index in [2.05, 4.69) is 4.99 Å². The van der Waals surface area contributed by atoms with Crippen LogP contribution < -0.4 is 9.47 Å². The zero-order valence-electron chi connectivity index (χ0n) is 10.6. The monoisotopic (exact) mass is 263 g/mol. The minimum atomic E-state index is -1.12. The van der Waals surface area contributed by atoms with Gasteiger partial charge in [-0.05, 0) is 30.5 Å². The van der Waals surface area contributed by atoms with Crippen molar-refractivity contribution in [3.05, 3.63) is 23.3 Å². The van der Waals surface area contributed by atoms with Gasteiger partial charge >= 0.3 is 5.97 Å². The quantitative estimate of drug-likeness (QED) is 0.645. The maximum absolute atomic E-state index is 11.3. The third-order valence-electron chi connectivity index (χ3n) is 3.23. The summed E-state index contributed by atoms with van der Waals surface area (Å²) in [5, 5.41) is 9.21. The van der Waals surface area contributed by atoms with Crippen molar-refractivity contribution in [2.45, 2.75) is 18.4 Å². The van der Waals surface area contributed by atoms with Crippen LogP contribution in [-0.2, 0) is 10.3 Å². The Morgan fingerprint density at radius 1 is 1.37 bits per heavy atom. The summed E-state index contributed by atoms with van der Waals surface area (Å²) in [6, 6.07) is 3.12. The Hall–Kier alpha value is -2.33. The van der Waals surface area contributed by atoms with Gasteiger partial charge in [0.05, 0.1) is 19.8 Å². The molecule has 1 aliphatic rings. The van der Waals surface area contributed by atoms with Crippen molar-refractivity contribution in [3.8, 4) is 11.5 Å². The molecule has 100 valence electrons. The normalized spacial score (nSPS) is 15.3. The third kappa shape index (κ3) is 2.18. The third-order valence-corrected chi connectivity index (χ3v) is 3.23. The van der Waals surface area contributed by atoms with Gasteiger partial charge in [-0.1, -0.05) is 0 Å². The number of rotatable bonds is 5. The second kappa shape index (κ2) is 4.74. The molecule has 6 nitrogen and oxygen atoms in total. The Morgan fingerprint density at radius 2 is 2.05 bits per heavy atom. The van der Waals surface area contributed by atoms with E-state index in [4.69, 9.17) is 9.47 Å². The summed E-state index contributed by atoms with van der Waals surface area (Å²) < 4.78 is 10.2. The standard InChI is InChI=1S/C13H13NO5/c1-18-10-6-8(13(3-4-13)14-7-15)5-9(12(16)17)11(10)19-2/h5-6H,3-4H2,1-2H3,(H,16,17). The van der Waals surface area contributed by atoms with Crippen molar-refractivity contribution in [3.63, 3.8) is 0 Å². The fourth-order valence-corrected chi connectivity index (χ4v) is 2.06. The predicted molar refractivity (Wildman–Crippen MR) is 65.5 cm³/mol. The van der Waals surface area contributed by atoms with Crippen molar-refractivity contribution < 1.29 is 24.2 Å². The lowest BCUT2D eigenvalue weighted by atomic mass is 10.0. The maximum Gasteiger partial charge on any atom is 0.339 e. The Labute approximate surface area is 109 Å². The average molecular weight is 263 g/mol. The van der Waals surface area contributed by atoms with Crippen molar-refractivity contribution in [1.29, 1.82) is 0 Å². The van der Waals surface area contributed by atoms with Gasteiger partial charge in [0, 0.05) is 0 Å². The number of ether oxygens (including phenoxy) is 2. The number of carboxylic acids is 1. The number of carboxylic acid groups (broad SMARTS) is 1. The lowest BCUT2D eigenvalue weighted by Crippen LogP contribution is -2.08. The first-order valence-electron chi connectivity index (χ1n) is 5.67. The zero-order chi connectivity index (χ0) is 14.0. The van der Waals surface area contributed by atoms with Crippen LogP contribution in [0.4, 0.5) is 0 Å². The molecule has 0 aliphatic heterocycles. The number of hydrogen-bond donors (Lipinski definition) is 1. The van der Waals surface area contributed by atoms with E-state index in [-0.39, 0.29) is 11.3 Å². The largest absolute Gasteiger partial charge is 0.493 e. The lowest BCUT2D eigenvalue weighted by Gasteiger charge is -2.15. The van der Waals surface area contributed by atoms with Gasteiger partial charge in [-0.25, -0.2) is 9.59 Å². The van der Waals surface area contributed by atoms with Crippen LogP contribution in [0.5, 0.6) is 11.5 Å². The molecular weight excluding hydrogens is 250 g/mol. The molecule has 0 radical (unpaired) electrons. The van der Waals surface area contributed by atoms with Gasteiger partial charge in [0.1, 0.15) is 5.56 Å². The lowest BCUT2D eigenvalue weighted by molar-refractivity contribution is 0.0692. The highest BCUT2D eigenvalue weighted by molar-refractivity contribution is 5.92. The Kier molecular flexibility index (Phi) is 3.27. The number of carbonyl (C=O) groups excluding carboxylic acids is 1. The SMILES string of the molecule is COc1cc(C2(N=C=O)CC2)cc(C(=O)O)c1OC. The summed E-state index contributed by atoms with van der Waals surface area (Å²) in [6.45, 7) is 0. The van der Waals surface area contributed by atoms with E-state index in [0.29, 0.717) is 24.2 Å². The van der Waals surface area contributed by atoms with E-state index in [0.717, 1.165) is 0 Å². The number of methoxy groups -OCH3 is 2. The summed E-state index contributed by atoms with van der Waals surface area (Å²) in [5.41, 5.74) is -0.0268.